The molecule has 1 atom stereocenters. The Labute approximate surface area is 218 Å². The summed E-state index contributed by atoms with van der Waals surface area (Å²) in [7, 11) is 0. The molecule has 0 aromatic heterocycles. The number of nitrogens with zero attached hydrogens (tertiary/aromatic N) is 1. The molecule has 0 aliphatic carbocycles. The van der Waals surface area contributed by atoms with Crippen molar-refractivity contribution in [1.29, 1.82) is 0 Å². The predicted molar refractivity (Wildman–Crippen MR) is 144 cm³/mol. The van der Waals surface area contributed by atoms with E-state index in [4.69, 9.17) is 9.47 Å². The molecule has 0 radical (unpaired) electrons. The standard InChI is InChI=1S/C31H33NO5/c1-3-19-36-25-15-13-23(14-16-25)28-27(29(33)24-11-8-12-26(21-24)37-20-4-2)30(34)31(35)32(28)18-17-22-9-6-5-7-10-22/h5-16,21,28,33H,3-4,17-20H2,1-2H3/b29-27+. The highest BCUT2D eigenvalue weighted by Gasteiger charge is 2.45. The van der Waals surface area contributed by atoms with Crippen molar-refractivity contribution in [1.82, 2.24) is 4.90 Å². The molecule has 37 heavy (non-hydrogen) atoms. The number of carbonyl (C=O) groups is 2. The summed E-state index contributed by atoms with van der Waals surface area (Å²) in [5, 5.41) is 11.4. The van der Waals surface area contributed by atoms with E-state index in [2.05, 4.69) is 0 Å². The van der Waals surface area contributed by atoms with E-state index in [0.29, 0.717) is 43.2 Å². The van der Waals surface area contributed by atoms with E-state index in [0.717, 1.165) is 24.0 Å². The van der Waals surface area contributed by atoms with E-state index in [1.807, 2.05) is 68.4 Å². The first kappa shape index (κ1) is 26.0. The predicted octanol–water partition coefficient (Wildman–Crippen LogP) is 5.93. The number of likely N-dealkylation sites (tertiary alicyclic amines) is 1. The highest BCUT2D eigenvalue weighted by atomic mass is 16.5. The second-order valence-electron chi connectivity index (χ2n) is 9.02. The summed E-state index contributed by atoms with van der Waals surface area (Å²) in [6.45, 7) is 5.53. The lowest BCUT2D eigenvalue weighted by Crippen LogP contribution is -2.31. The highest BCUT2D eigenvalue weighted by Crippen LogP contribution is 2.40. The Hall–Kier alpha value is -4.06. The topological polar surface area (TPSA) is 76.1 Å². The minimum absolute atomic E-state index is 0.0768. The van der Waals surface area contributed by atoms with Crippen molar-refractivity contribution in [2.75, 3.05) is 19.8 Å². The van der Waals surface area contributed by atoms with Crippen LogP contribution in [0.15, 0.2) is 84.4 Å². The molecule has 1 saturated heterocycles. The van der Waals surface area contributed by atoms with Crippen LogP contribution in [0.5, 0.6) is 11.5 Å². The lowest BCUT2D eigenvalue weighted by Gasteiger charge is -2.25. The van der Waals surface area contributed by atoms with Gasteiger partial charge in [-0.2, -0.15) is 0 Å². The fourth-order valence-corrected chi connectivity index (χ4v) is 4.43. The van der Waals surface area contributed by atoms with Crippen LogP contribution in [-0.4, -0.2) is 41.5 Å². The number of hydrogen-bond acceptors (Lipinski definition) is 5. The summed E-state index contributed by atoms with van der Waals surface area (Å²) in [5.41, 5.74) is 2.30. The van der Waals surface area contributed by atoms with E-state index in [1.54, 1.807) is 29.2 Å². The normalized spacial score (nSPS) is 16.7. The first-order valence-corrected chi connectivity index (χ1v) is 12.8. The van der Waals surface area contributed by atoms with Gasteiger partial charge >= 0.3 is 0 Å². The molecule has 4 rings (SSSR count). The first-order valence-electron chi connectivity index (χ1n) is 12.8. The largest absolute Gasteiger partial charge is 0.507 e. The van der Waals surface area contributed by atoms with Gasteiger partial charge < -0.3 is 19.5 Å². The Balaban J connectivity index is 1.73. The molecule has 1 unspecified atom stereocenters. The van der Waals surface area contributed by atoms with Crippen molar-refractivity contribution in [2.24, 2.45) is 0 Å². The number of aliphatic hydroxyl groups excluding tert-OH is 1. The van der Waals surface area contributed by atoms with Crippen LogP contribution >= 0.6 is 0 Å². The Morgan fingerprint density at radius 1 is 0.838 bits per heavy atom. The summed E-state index contributed by atoms with van der Waals surface area (Å²) >= 11 is 0. The third kappa shape index (κ3) is 6.02. The molecule has 192 valence electrons. The lowest BCUT2D eigenvalue weighted by molar-refractivity contribution is -0.139. The molecule has 1 aliphatic rings. The van der Waals surface area contributed by atoms with Gasteiger partial charge in [0.2, 0.25) is 0 Å². The summed E-state index contributed by atoms with van der Waals surface area (Å²) in [5.74, 6) is -0.210. The van der Waals surface area contributed by atoms with Gasteiger partial charge in [0, 0.05) is 12.1 Å². The zero-order valence-corrected chi connectivity index (χ0v) is 21.4. The molecule has 1 aliphatic heterocycles. The number of ketones is 1. The summed E-state index contributed by atoms with van der Waals surface area (Å²) in [4.78, 5) is 28.1. The maximum Gasteiger partial charge on any atom is 0.295 e. The van der Waals surface area contributed by atoms with E-state index in [9.17, 15) is 14.7 Å². The molecule has 0 saturated carbocycles. The maximum absolute atomic E-state index is 13.3. The first-order chi connectivity index (χ1) is 18.0. The smallest absolute Gasteiger partial charge is 0.295 e. The number of carbonyl (C=O) groups excluding carboxylic acids is 2. The van der Waals surface area contributed by atoms with Crippen LogP contribution in [0.25, 0.3) is 5.76 Å². The van der Waals surface area contributed by atoms with Crippen molar-refractivity contribution in [3.05, 3.63) is 101 Å². The second-order valence-corrected chi connectivity index (χ2v) is 9.02. The van der Waals surface area contributed by atoms with Gasteiger partial charge in [-0.05, 0) is 54.7 Å². The number of ether oxygens (including phenoxy) is 2. The fraction of sp³-hybridized carbons (Fsp3) is 0.290. The monoisotopic (exact) mass is 499 g/mol. The van der Waals surface area contributed by atoms with Gasteiger partial charge in [0.15, 0.2) is 0 Å². The number of aliphatic hydroxyl groups is 1. The Morgan fingerprint density at radius 3 is 2.19 bits per heavy atom. The van der Waals surface area contributed by atoms with Crippen molar-refractivity contribution in [2.45, 2.75) is 39.2 Å². The van der Waals surface area contributed by atoms with E-state index >= 15 is 0 Å². The third-order valence-corrected chi connectivity index (χ3v) is 6.27. The molecule has 0 bridgehead atoms. The maximum atomic E-state index is 13.3. The second kappa shape index (κ2) is 12.3. The van der Waals surface area contributed by atoms with Gasteiger partial charge in [-0.1, -0.05) is 68.4 Å². The Bertz CT molecular complexity index is 1250. The van der Waals surface area contributed by atoms with Crippen molar-refractivity contribution in [3.63, 3.8) is 0 Å². The minimum atomic E-state index is -0.718. The zero-order chi connectivity index (χ0) is 26.2. The summed E-state index contributed by atoms with van der Waals surface area (Å²) in [6.07, 6.45) is 2.32. The quantitative estimate of drug-likeness (QED) is 0.201. The van der Waals surface area contributed by atoms with Gasteiger partial charge in [-0.15, -0.1) is 0 Å². The Kier molecular flexibility index (Phi) is 8.62. The highest BCUT2D eigenvalue weighted by molar-refractivity contribution is 6.46. The van der Waals surface area contributed by atoms with E-state index in [1.165, 1.54) is 0 Å². The minimum Gasteiger partial charge on any atom is -0.507 e. The molecule has 3 aromatic rings. The van der Waals surface area contributed by atoms with Crippen LogP contribution in [0.1, 0.15) is 49.4 Å². The molecule has 3 aromatic carbocycles. The van der Waals surface area contributed by atoms with Crippen molar-refractivity contribution < 1.29 is 24.2 Å². The summed E-state index contributed by atoms with van der Waals surface area (Å²) < 4.78 is 11.4. The van der Waals surface area contributed by atoms with E-state index in [-0.39, 0.29) is 11.3 Å². The molecule has 1 amide bonds. The molecule has 0 spiro atoms. The SMILES string of the molecule is CCCOc1ccc(C2/C(=C(\O)c3cccc(OCCC)c3)C(=O)C(=O)N2CCc2ccccc2)cc1. The molecular weight excluding hydrogens is 466 g/mol. The van der Waals surface area contributed by atoms with Gasteiger partial charge in [0.1, 0.15) is 17.3 Å². The lowest BCUT2D eigenvalue weighted by atomic mass is 9.95. The number of hydrogen-bond donors (Lipinski definition) is 1. The molecule has 1 N–H and O–H groups in total. The zero-order valence-electron chi connectivity index (χ0n) is 21.4. The molecule has 1 fully saturated rings. The van der Waals surface area contributed by atoms with Crippen LogP contribution in [0.2, 0.25) is 0 Å². The number of amides is 1. The van der Waals surface area contributed by atoms with Crippen LogP contribution in [0.4, 0.5) is 0 Å². The fourth-order valence-electron chi connectivity index (χ4n) is 4.43. The van der Waals surface area contributed by atoms with Gasteiger partial charge in [-0.3, -0.25) is 9.59 Å². The molecule has 6 nitrogen and oxygen atoms in total. The average Bonchev–Trinajstić information content (AvgIpc) is 3.19. The van der Waals surface area contributed by atoms with Gasteiger partial charge in [0.05, 0.1) is 24.8 Å². The number of Topliss-reactive ketones (excluding diaryl/α,β-unsaturated/α-hetero) is 1. The van der Waals surface area contributed by atoms with Crippen LogP contribution in [-0.2, 0) is 16.0 Å². The average molecular weight is 500 g/mol. The van der Waals surface area contributed by atoms with Crippen LogP contribution in [0, 0.1) is 0 Å². The van der Waals surface area contributed by atoms with E-state index < -0.39 is 17.7 Å². The van der Waals surface area contributed by atoms with Gasteiger partial charge in [0.25, 0.3) is 11.7 Å². The molecule has 1 heterocycles. The van der Waals surface area contributed by atoms with Crippen molar-refractivity contribution in [3.8, 4) is 11.5 Å². The van der Waals surface area contributed by atoms with Crippen LogP contribution < -0.4 is 9.47 Å². The molecule has 6 heteroatoms. The van der Waals surface area contributed by atoms with Crippen LogP contribution in [0.3, 0.4) is 0 Å². The third-order valence-electron chi connectivity index (χ3n) is 6.27. The molecular formula is C31H33NO5. The Morgan fingerprint density at radius 2 is 1.51 bits per heavy atom. The van der Waals surface area contributed by atoms with Gasteiger partial charge in [-0.25, -0.2) is 0 Å². The number of benzene rings is 3. The summed E-state index contributed by atoms with van der Waals surface area (Å²) in [6, 6.07) is 23.5. The van der Waals surface area contributed by atoms with Crippen molar-refractivity contribution >= 4 is 17.4 Å². The number of rotatable bonds is 11.